The van der Waals surface area contributed by atoms with Crippen molar-refractivity contribution in [3.05, 3.63) is 71.1 Å². The third-order valence-electron chi connectivity index (χ3n) is 3.12. The highest BCUT2D eigenvalue weighted by Gasteiger charge is 2.12. The van der Waals surface area contributed by atoms with Crippen LogP contribution in [0.5, 0.6) is 11.8 Å². The van der Waals surface area contributed by atoms with E-state index in [0.29, 0.717) is 11.7 Å². The fourth-order valence-corrected chi connectivity index (χ4v) is 1.98. The Morgan fingerprint density at radius 3 is 2.29 bits per heavy atom. The van der Waals surface area contributed by atoms with Crippen LogP contribution < -0.4 is 9.64 Å². The summed E-state index contributed by atoms with van der Waals surface area (Å²) in [6.07, 6.45) is 0. The summed E-state index contributed by atoms with van der Waals surface area (Å²) in [6.45, 7) is 0. The number of hydrogen-bond donors (Lipinski definition) is 0. The van der Waals surface area contributed by atoms with E-state index in [4.69, 9.17) is 10.3 Å². The molecule has 0 atom stereocenters. The van der Waals surface area contributed by atoms with Gasteiger partial charge < -0.3 is 9.64 Å². The third kappa shape index (κ3) is 3.57. The molecule has 0 saturated carbocycles. The second-order valence-corrected chi connectivity index (χ2v) is 4.72. The van der Waals surface area contributed by atoms with Gasteiger partial charge in [0.2, 0.25) is 11.9 Å². The van der Waals surface area contributed by atoms with Crippen molar-refractivity contribution in [1.29, 1.82) is 0 Å². The molecule has 0 fully saturated rings. The first kappa shape index (κ1) is 15.3. The Kier molecular flexibility index (Phi) is 4.50. The van der Waals surface area contributed by atoms with E-state index in [1.165, 1.54) is 0 Å². The predicted octanol–water partition coefficient (Wildman–Crippen LogP) is 4.37. The van der Waals surface area contributed by atoms with Crippen molar-refractivity contribution in [2.24, 2.45) is 5.11 Å². The van der Waals surface area contributed by atoms with Crippen molar-refractivity contribution in [3.8, 4) is 11.8 Å². The maximum absolute atomic E-state index is 8.65. The van der Waals surface area contributed by atoms with Gasteiger partial charge in [-0.1, -0.05) is 36.4 Å². The highest BCUT2D eigenvalue weighted by molar-refractivity contribution is 5.56. The van der Waals surface area contributed by atoms with E-state index in [0.717, 1.165) is 5.69 Å². The highest BCUT2D eigenvalue weighted by Crippen LogP contribution is 2.25. The Bertz CT molecular complexity index is 864. The second-order valence-electron chi connectivity index (χ2n) is 4.72. The Balaban J connectivity index is 1.98. The molecule has 3 rings (SSSR count). The van der Waals surface area contributed by atoms with Crippen LogP contribution in [0, 0.1) is 0 Å². The molecular formula is C16H13N7O. The lowest BCUT2D eigenvalue weighted by atomic mass is 10.3. The molecule has 118 valence electrons. The topological polar surface area (TPSA) is 99.9 Å². The minimum absolute atomic E-state index is 0.0522. The Labute approximate surface area is 138 Å². The first-order chi connectivity index (χ1) is 11.8. The molecule has 24 heavy (non-hydrogen) atoms. The van der Waals surface area contributed by atoms with Crippen LogP contribution in [0.4, 0.5) is 17.6 Å². The lowest BCUT2D eigenvalue weighted by Gasteiger charge is -2.17. The first-order valence-corrected chi connectivity index (χ1v) is 7.09. The monoisotopic (exact) mass is 319 g/mol. The molecule has 0 unspecified atom stereocenters. The number of benzene rings is 2. The maximum atomic E-state index is 8.65. The van der Waals surface area contributed by atoms with Crippen molar-refractivity contribution < 1.29 is 4.74 Å². The molecule has 2 aromatic carbocycles. The molecule has 0 amide bonds. The molecule has 8 nitrogen and oxygen atoms in total. The molecule has 0 saturated heterocycles. The van der Waals surface area contributed by atoms with Crippen LogP contribution in [0.1, 0.15) is 0 Å². The molecule has 0 N–H and O–H groups in total. The summed E-state index contributed by atoms with van der Waals surface area (Å²) >= 11 is 0. The average molecular weight is 319 g/mol. The second kappa shape index (κ2) is 7.08. The Morgan fingerprint density at radius 2 is 1.62 bits per heavy atom. The van der Waals surface area contributed by atoms with Crippen LogP contribution in [-0.4, -0.2) is 22.0 Å². The van der Waals surface area contributed by atoms with E-state index in [-0.39, 0.29) is 12.0 Å². The summed E-state index contributed by atoms with van der Waals surface area (Å²) in [7, 11) is 1.80. The summed E-state index contributed by atoms with van der Waals surface area (Å²) in [5.74, 6) is 0.824. The maximum Gasteiger partial charge on any atom is 0.327 e. The lowest BCUT2D eigenvalue weighted by molar-refractivity contribution is 0.440. The van der Waals surface area contributed by atoms with Crippen LogP contribution >= 0.6 is 0 Å². The third-order valence-corrected chi connectivity index (χ3v) is 3.12. The van der Waals surface area contributed by atoms with Gasteiger partial charge >= 0.3 is 6.01 Å². The standard InChI is InChI=1S/C16H13N7O/c1-23(12-8-4-2-5-9-12)15-18-14(21-22-17)19-16(20-15)24-13-10-6-3-7-11-13/h2-11H,1H3. The first-order valence-electron chi connectivity index (χ1n) is 7.09. The number of ether oxygens (including phenoxy) is 1. The minimum Gasteiger partial charge on any atom is -0.424 e. The van der Waals surface area contributed by atoms with E-state index in [1.54, 1.807) is 24.1 Å². The van der Waals surface area contributed by atoms with E-state index < -0.39 is 0 Å². The average Bonchev–Trinajstić information content (AvgIpc) is 2.63. The zero-order valence-corrected chi connectivity index (χ0v) is 12.8. The zero-order chi connectivity index (χ0) is 16.8. The summed E-state index contributed by atoms with van der Waals surface area (Å²) in [4.78, 5) is 16.9. The van der Waals surface area contributed by atoms with Crippen LogP contribution in [0.15, 0.2) is 65.8 Å². The largest absolute Gasteiger partial charge is 0.424 e. The molecule has 0 aliphatic heterocycles. The molecular weight excluding hydrogens is 306 g/mol. The molecule has 1 heterocycles. The van der Waals surface area contributed by atoms with Crippen molar-refractivity contribution in [2.75, 3.05) is 11.9 Å². The van der Waals surface area contributed by atoms with Crippen LogP contribution in [0.25, 0.3) is 10.4 Å². The smallest absolute Gasteiger partial charge is 0.327 e. The molecule has 1 aromatic heterocycles. The van der Waals surface area contributed by atoms with Gasteiger partial charge in [0, 0.05) is 17.6 Å². The van der Waals surface area contributed by atoms with Gasteiger partial charge in [-0.2, -0.15) is 15.0 Å². The molecule has 8 heteroatoms. The van der Waals surface area contributed by atoms with E-state index in [2.05, 4.69) is 25.0 Å². The van der Waals surface area contributed by atoms with Crippen LogP contribution in [0.3, 0.4) is 0 Å². The summed E-state index contributed by atoms with van der Waals surface area (Å²) in [5, 5.41) is 3.46. The minimum atomic E-state index is -0.0591. The van der Waals surface area contributed by atoms with Crippen molar-refractivity contribution in [3.63, 3.8) is 0 Å². The summed E-state index contributed by atoms with van der Waals surface area (Å²) < 4.78 is 5.62. The summed E-state index contributed by atoms with van der Waals surface area (Å²) in [5.41, 5.74) is 9.53. The Morgan fingerprint density at radius 1 is 0.958 bits per heavy atom. The van der Waals surface area contributed by atoms with E-state index in [9.17, 15) is 0 Å². The van der Waals surface area contributed by atoms with Gasteiger partial charge in [0.25, 0.3) is 0 Å². The summed E-state index contributed by atoms with van der Waals surface area (Å²) in [6, 6.07) is 18.7. The van der Waals surface area contributed by atoms with Gasteiger partial charge in [0.15, 0.2) is 0 Å². The predicted molar refractivity (Wildman–Crippen MR) is 89.7 cm³/mol. The number of aromatic nitrogens is 3. The van der Waals surface area contributed by atoms with Crippen molar-refractivity contribution >= 4 is 17.6 Å². The molecule has 0 aliphatic carbocycles. The number of rotatable bonds is 5. The number of nitrogens with zero attached hydrogens (tertiary/aromatic N) is 7. The fourth-order valence-electron chi connectivity index (χ4n) is 1.98. The zero-order valence-electron chi connectivity index (χ0n) is 12.8. The molecule has 0 aliphatic rings. The van der Waals surface area contributed by atoms with Crippen molar-refractivity contribution in [1.82, 2.24) is 15.0 Å². The van der Waals surface area contributed by atoms with Gasteiger partial charge in [-0.05, 0) is 34.9 Å². The number of para-hydroxylation sites is 2. The number of hydrogen-bond acceptors (Lipinski definition) is 6. The van der Waals surface area contributed by atoms with Gasteiger partial charge in [0.1, 0.15) is 5.75 Å². The van der Waals surface area contributed by atoms with Gasteiger partial charge in [-0.15, -0.1) is 0 Å². The van der Waals surface area contributed by atoms with E-state index >= 15 is 0 Å². The van der Waals surface area contributed by atoms with Crippen molar-refractivity contribution in [2.45, 2.75) is 0 Å². The van der Waals surface area contributed by atoms with E-state index in [1.807, 2.05) is 48.5 Å². The van der Waals surface area contributed by atoms with Crippen LogP contribution in [0.2, 0.25) is 0 Å². The molecule has 3 aromatic rings. The van der Waals surface area contributed by atoms with Gasteiger partial charge in [0.05, 0.1) is 0 Å². The number of anilines is 2. The normalized spacial score (nSPS) is 9.88. The quantitative estimate of drug-likeness (QED) is 0.395. The molecule has 0 radical (unpaired) electrons. The molecule has 0 bridgehead atoms. The number of azide groups is 1. The molecule has 0 spiro atoms. The van der Waals surface area contributed by atoms with Crippen LogP contribution in [-0.2, 0) is 0 Å². The van der Waals surface area contributed by atoms with Gasteiger partial charge in [-0.3, -0.25) is 0 Å². The van der Waals surface area contributed by atoms with Gasteiger partial charge in [-0.25, -0.2) is 0 Å². The Hall–Kier alpha value is -3.64. The highest BCUT2D eigenvalue weighted by atomic mass is 16.5. The lowest BCUT2D eigenvalue weighted by Crippen LogP contribution is -2.13. The SMILES string of the molecule is CN(c1ccccc1)c1nc(N=[N+]=[N-])nc(Oc2ccccc2)n1. The fraction of sp³-hybridized carbons (Fsp3) is 0.0625.